The van der Waals surface area contributed by atoms with Gasteiger partial charge in [-0.05, 0) is 30.9 Å². The highest BCUT2D eigenvalue weighted by Gasteiger charge is 2.42. The largest absolute Gasteiger partial charge is 0.481 e. The van der Waals surface area contributed by atoms with Gasteiger partial charge in [-0.15, -0.1) is 0 Å². The first kappa shape index (κ1) is 15.5. The summed E-state index contributed by atoms with van der Waals surface area (Å²) in [5.74, 6) is -1.53. The number of halogens is 1. The van der Waals surface area contributed by atoms with E-state index in [2.05, 4.69) is 0 Å². The zero-order valence-electron chi connectivity index (χ0n) is 12.3. The van der Waals surface area contributed by atoms with Crippen molar-refractivity contribution in [2.75, 3.05) is 13.1 Å². The van der Waals surface area contributed by atoms with Gasteiger partial charge in [0.15, 0.2) is 0 Å². The van der Waals surface area contributed by atoms with E-state index in [0.29, 0.717) is 18.5 Å². The number of rotatable bonds is 4. The van der Waals surface area contributed by atoms with Gasteiger partial charge in [-0.25, -0.2) is 4.39 Å². The van der Waals surface area contributed by atoms with Crippen molar-refractivity contribution in [2.24, 2.45) is 5.41 Å². The van der Waals surface area contributed by atoms with Crippen molar-refractivity contribution in [2.45, 2.75) is 32.6 Å². The van der Waals surface area contributed by atoms with Crippen molar-refractivity contribution in [3.8, 4) is 0 Å². The number of amides is 1. The van der Waals surface area contributed by atoms with E-state index < -0.39 is 11.4 Å². The van der Waals surface area contributed by atoms with Crippen LogP contribution in [0.1, 0.15) is 38.2 Å². The third kappa shape index (κ3) is 3.23. The van der Waals surface area contributed by atoms with E-state index in [0.717, 1.165) is 0 Å². The fraction of sp³-hybridized carbons (Fsp3) is 0.500. The van der Waals surface area contributed by atoms with E-state index in [1.807, 2.05) is 6.92 Å². The molecule has 21 heavy (non-hydrogen) atoms. The van der Waals surface area contributed by atoms with Gasteiger partial charge in [0.1, 0.15) is 5.82 Å². The van der Waals surface area contributed by atoms with Crippen LogP contribution in [0.4, 0.5) is 4.39 Å². The van der Waals surface area contributed by atoms with Crippen LogP contribution in [-0.4, -0.2) is 35.0 Å². The standard InChI is InChI=1S/C16H20FNO3/c1-11(12-5-3-4-6-13(12)17)9-14(19)18-8-7-16(2,10-18)15(20)21/h3-6,11H,7-10H2,1-2H3,(H,20,21)/t11-,16+/m1/s1. The van der Waals surface area contributed by atoms with E-state index in [-0.39, 0.29) is 30.6 Å². The third-order valence-corrected chi connectivity index (χ3v) is 4.26. The molecule has 1 aromatic rings. The molecule has 2 rings (SSSR count). The maximum Gasteiger partial charge on any atom is 0.311 e. The molecule has 1 saturated heterocycles. The first-order valence-electron chi connectivity index (χ1n) is 7.09. The Morgan fingerprint density at radius 2 is 2.10 bits per heavy atom. The predicted molar refractivity (Wildman–Crippen MR) is 76.4 cm³/mol. The number of carbonyl (C=O) groups excluding carboxylic acids is 1. The van der Waals surface area contributed by atoms with Crippen molar-refractivity contribution < 1.29 is 19.1 Å². The molecule has 114 valence electrons. The average Bonchev–Trinajstić information content (AvgIpc) is 2.83. The van der Waals surface area contributed by atoms with Gasteiger partial charge in [0.05, 0.1) is 5.41 Å². The lowest BCUT2D eigenvalue weighted by Gasteiger charge is -2.22. The molecule has 1 N–H and O–H groups in total. The Bertz CT molecular complexity index is 560. The molecular formula is C16H20FNO3. The Hall–Kier alpha value is -1.91. The van der Waals surface area contributed by atoms with Gasteiger partial charge in [0, 0.05) is 19.5 Å². The summed E-state index contributed by atoms with van der Waals surface area (Å²) < 4.78 is 13.7. The minimum atomic E-state index is -0.875. The lowest BCUT2D eigenvalue weighted by atomic mass is 9.90. The fourth-order valence-electron chi connectivity index (χ4n) is 2.72. The fourth-order valence-corrected chi connectivity index (χ4v) is 2.72. The van der Waals surface area contributed by atoms with Crippen LogP contribution in [0.2, 0.25) is 0 Å². The lowest BCUT2D eigenvalue weighted by molar-refractivity contribution is -0.147. The normalized spacial score (nSPS) is 23.1. The number of nitrogens with zero attached hydrogens (tertiary/aromatic N) is 1. The minimum absolute atomic E-state index is 0.115. The van der Waals surface area contributed by atoms with Crippen LogP contribution in [0.3, 0.4) is 0 Å². The highest BCUT2D eigenvalue weighted by molar-refractivity contribution is 5.81. The molecule has 0 spiro atoms. The third-order valence-electron chi connectivity index (χ3n) is 4.26. The maximum absolute atomic E-state index is 13.7. The SMILES string of the molecule is C[C@H](CC(=O)N1CC[C@](C)(C(=O)O)C1)c1ccccc1F. The summed E-state index contributed by atoms with van der Waals surface area (Å²) >= 11 is 0. The van der Waals surface area contributed by atoms with Gasteiger partial charge < -0.3 is 10.0 Å². The van der Waals surface area contributed by atoms with E-state index >= 15 is 0 Å². The number of hydrogen-bond donors (Lipinski definition) is 1. The summed E-state index contributed by atoms with van der Waals surface area (Å²) in [7, 11) is 0. The zero-order valence-corrected chi connectivity index (χ0v) is 12.3. The number of carboxylic acid groups (broad SMARTS) is 1. The zero-order chi connectivity index (χ0) is 15.6. The van der Waals surface area contributed by atoms with Gasteiger partial charge in [-0.2, -0.15) is 0 Å². The lowest BCUT2D eigenvalue weighted by Crippen LogP contribution is -2.35. The molecule has 2 atom stereocenters. The van der Waals surface area contributed by atoms with Crippen LogP contribution in [0, 0.1) is 11.2 Å². The maximum atomic E-state index is 13.7. The van der Waals surface area contributed by atoms with Crippen molar-refractivity contribution in [1.29, 1.82) is 0 Å². The van der Waals surface area contributed by atoms with Gasteiger partial charge in [-0.1, -0.05) is 25.1 Å². The highest BCUT2D eigenvalue weighted by atomic mass is 19.1. The van der Waals surface area contributed by atoms with E-state index in [1.165, 1.54) is 6.07 Å². The van der Waals surface area contributed by atoms with Crippen molar-refractivity contribution >= 4 is 11.9 Å². The second-order valence-electron chi connectivity index (χ2n) is 6.06. The van der Waals surface area contributed by atoms with Gasteiger partial charge in [-0.3, -0.25) is 9.59 Å². The molecule has 0 radical (unpaired) electrons. The molecule has 1 heterocycles. The van der Waals surface area contributed by atoms with Crippen molar-refractivity contribution in [3.63, 3.8) is 0 Å². The van der Waals surface area contributed by atoms with Crippen LogP contribution in [0.15, 0.2) is 24.3 Å². The topological polar surface area (TPSA) is 57.6 Å². The van der Waals surface area contributed by atoms with E-state index in [1.54, 1.807) is 30.0 Å². The molecule has 1 aliphatic rings. The summed E-state index contributed by atoms with van der Waals surface area (Å²) in [6.45, 7) is 4.14. The second-order valence-corrected chi connectivity index (χ2v) is 6.06. The van der Waals surface area contributed by atoms with Gasteiger partial charge >= 0.3 is 5.97 Å². The monoisotopic (exact) mass is 293 g/mol. The van der Waals surface area contributed by atoms with E-state index in [9.17, 15) is 19.1 Å². The molecule has 1 aliphatic heterocycles. The molecule has 1 aromatic carbocycles. The highest BCUT2D eigenvalue weighted by Crippen LogP contribution is 2.31. The summed E-state index contributed by atoms with van der Waals surface area (Å²) in [6.07, 6.45) is 0.652. The Labute approximate surface area is 123 Å². The minimum Gasteiger partial charge on any atom is -0.481 e. The van der Waals surface area contributed by atoms with Crippen LogP contribution in [-0.2, 0) is 9.59 Å². The number of hydrogen-bond acceptors (Lipinski definition) is 2. The summed E-state index contributed by atoms with van der Waals surface area (Å²) in [4.78, 5) is 25.0. The Balaban J connectivity index is 2.00. The number of carbonyl (C=O) groups is 2. The first-order chi connectivity index (χ1) is 9.83. The molecule has 4 nitrogen and oxygen atoms in total. The van der Waals surface area contributed by atoms with Crippen LogP contribution < -0.4 is 0 Å². The van der Waals surface area contributed by atoms with Gasteiger partial charge in [0.25, 0.3) is 0 Å². The number of aliphatic carboxylic acids is 1. The molecule has 0 aliphatic carbocycles. The number of carboxylic acids is 1. The number of benzene rings is 1. The average molecular weight is 293 g/mol. The van der Waals surface area contributed by atoms with Crippen molar-refractivity contribution in [1.82, 2.24) is 4.90 Å². The molecule has 0 saturated carbocycles. The Kier molecular flexibility index (Phi) is 4.30. The number of likely N-dealkylation sites (tertiary alicyclic amines) is 1. The van der Waals surface area contributed by atoms with Crippen LogP contribution in [0.5, 0.6) is 0 Å². The molecule has 0 bridgehead atoms. The Morgan fingerprint density at radius 1 is 1.43 bits per heavy atom. The summed E-state index contributed by atoms with van der Waals surface area (Å²) in [5, 5.41) is 9.18. The van der Waals surface area contributed by atoms with Gasteiger partial charge in [0.2, 0.25) is 5.91 Å². The van der Waals surface area contributed by atoms with Crippen LogP contribution >= 0.6 is 0 Å². The van der Waals surface area contributed by atoms with Crippen LogP contribution in [0.25, 0.3) is 0 Å². The molecule has 5 heteroatoms. The quantitative estimate of drug-likeness (QED) is 0.928. The smallest absolute Gasteiger partial charge is 0.311 e. The van der Waals surface area contributed by atoms with Crippen molar-refractivity contribution in [3.05, 3.63) is 35.6 Å². The molecule has 1 fully saturated rings. The van der Waals surface area contributed by atoms with E-state index in [4.69, 9.17) is 0 Å². The summed E-state index contributed by atoms with van der Waals surface area (Å²) in [6, 6.07) is 6.43. The molecule has 1 amide bonds. The Morgan fingerprint density at radius 3 is 2.67 bits per heavy atom. The molecular weight excluding hydrogens is 273 g/mol. The molecule has 0 aromatic heterocycles. The predicted octanol–water partition coefficient (Wildman–Crippen LogP) is 2.64. The first-order valence-corrected chi connectivity index (χ1v) is 7.09. The second kappa shape index (κ2) is 5.84. The molecule has 0 unspecified atom stereocenters. The summed E-state index contributed by atoms with van der Waals surface area (Å²) in [5.41, 5.74) is -0.345.